The van der Waals surface area contributed by atoms with E-state index in [1.165, 1.54) is 188 Å². The third kappa shape index (κ3) is 18.5. The standard InChI is InChI=1S/2C27H21N.C25H21N.C23H19N.C21H17N/c1-28(26-18-10-9-15-23(26)20-11-3-2-4-12-20)27-19-21-13-5-6-14-22(21)24-16-7-8-17-25(24)27;1-28(23-14-9-13-21(18-23)20-10-3-2-4-11-20)27-19-22-12-5-6-15-24(22)25-16-7-8-17-26(25)27;1-26(24-17-15-22(16-18-24)20-9-4-2-5-10-20)25-14-8-13-23(19-25)21-11-6-3-7-12-21;1-24(23-16-8-12-19-11-5-6-15-22(19)23)21-14-7-13-20(17-21)18-9-3-2-4-10-18;1-22(18-8-3-2-4-9-18)19-13-14-21-17(15-19)12-11-16-7-5-6-10-20(16)21/h2*2-19H,1H3;2-19H,1H3;2-17H,1H3;2-15H,1H3. The second-order valence-corrected chi connectivity index (χ2v) is 32.2. The first kappa shape index (κ1) is 82.6. The van der Waals surface area contributed by atoms with Crippen molar-refractivity contribution in [3.8, 4) is 55.6 Å². The Kier molecular flexibility index (Phi) is 25.2. The average Bonchev–Trinajstić information content (AvgIpc) is 0.764. The maximum atomic E-state index is 2.32. The summed E-state index contributed by atoms with van der Waals surface area (Å²) in [7, 11) is 10.7. The molecule has 0 N–H and O–H groups in total. The van der Waals surface area contributed by atoms with E-state index in [9.17, 15) is 0 Å². The molecule has 22 rings (SSSR count). The van der Waals surface area contributed by atoms with Crippen molar-refractivity contribution in [3.05, 3.63) is 510 Å². The van der Waals surface area contributed by atoms with Gasteiger partial charge >= 0.3 is 0 Å². The molecule has 0 heterocycles. The molecular weight excluding hydrogens is 1550 g/mol. The summed E-state index contributed by atoms with van der Waals surface area (Å²) in [5.74, 6) is 0. The van der Waals surface area contributed by atoms with E-state index in [1.54, 1.807) is 0 Å². The van der Waals surface area contributed by atoms with Crippen molar-refractivity contribution < 1.29 is 0 Å². The molecule has 0 fully saturated rings. The van der Waals surface area contributed by atoms with Gasteiger partial charge in [0.2, 0.25) is 0 Å². The summed E-state index contributed by atoms with van der Waals surface area (Å²) >= 11 is 0. The minimum Gasteiger partial charge on any atom is -0.345 e. The van der Waals surface area contributed by atoms with Crippen molar-refractivity contribution in [3.63, 3.8) is 0 Å². The molecule has 0 unspecified atom stereocenters. The SMILES string of the molecule is CN(c1ccc(-c2ccccc2)cc1)c1cccc(-c2ccccc2)c1.CN(c1cccc(-c2ccccc2)c1)c1cc2ccccc2c2ccccc12.CN(c1cccc(-c2ccccc2)c1)c1cccc2ccccc12.CN(c1ccccc1)c1ccc2c(ccc3ccccc32)c1.CN(c1ccccc1-c1ccccc1)c1cc2ccccc2c2ccccc12. The first-order valence-corrected chi connectivity index (χ1v) is 43.8. The molecule has 0 aliphatic carbocycles. The van der Waals surface area contributed by atoms with Gasteiger partial charge in [-0.25, -0.2) is 0 Å². The highest BCUT2D eigenvalue weighted by Gasteiger charge is 2.18. The fourth-order valence-electron chi connectivity index (χ4n) is 17.4. The van der Waals surface area contributed by atoms with Gasteiger partial charge in [0.25, 0.3) is 0 Å². The lowest BCUT2D eigenvalue weighted by Crippen LogP contribution is -2.11. The van der Waals surface area contributed by atoms with Crippen LogP contribution in [0, 0.1) is 0 Å². The van der Waals surface area contributed by atoms with Crippen molar-refractivity contribution in [2.75, 3.05) is 59.7 Å². The lowest BCUT2D eigenvalue weighted by atomic mass is 9.98. The summed E-state index contributed by atoms with van der Waals surface area (Å²) in [6, 6.07) is 180. The van der Waals surface area contributed by atoms with Crippen molar-refractivity contribution >= 4 is 132 Å². The summed E-state index contributed by atoms with van der Waals surface area (Å²) in [6.45, 7) is 0. The molecule has 0 atom stereocenters. The molecule has 0 aliphatic heterocycles. The molecule has 5 heteroatoms. The number of fused-ring (bicyclic) bond motifs is 10. The lowest BCUT2D eigenvalue weighted by Gasteiger charge is -2.25. The zero-order valence-corrected chi connectivity index (χ0v) is 72.7. The largest absolute Gasteiger partial charge is 0.345 e. The van der Waals surface area contributed by atoms with Crippen LogP contribution in [0.15, 0.2) is 510 Å². The molecule has 22 aromatic carbocycles. The van der Waals surface area contributed by atoms with E-state index >= 15 is 0 Å². The zero-order valence-electron chi connectivity index (χ0n) is 72.7. The third-order valence-corrected chi connectivity index (χ3v) is 24.3. The molecule has 0 aromatic heterocycles. The first-order valence-electron chi connectivity index (χ1n) is 43.8. The highest BCUT2D eigenvalue weighted by molar-refractivity contribution is 6.16. The van der Waals surface area contributed by atoms with Gasteiger partial charge in [0, 0.05) is 114 Å². The van der Waals surface area contributed by atoms with E-state index in [2.05, 4.69) is 551 Å². The molecule has 616 valence electrons. The maximum Gasteiger partial charge on any atom is 0.0494 e. The minimum absolute atomic E-state index is 1.18. The van der Waals surface area contributed by atoms with E-state index in [-0.39, 0.29) is 0 Å². The fourth-order valence-corrected chi connectivity index (χ4v) is 17.4. The van der Waals surface area contributed by atoms with Crippen LogP contribution in [-0.2, 0) is 0 Å². The van der Waals surface area contributed by atoms with E-state index < -0.39 is 0 Å². The Morgan fingerprint density at radius 2 is 0.383 bits per heavy atom. The predicted octanol–water partition coefficient (Wildman–Crippen LogP) is 33.7. The highest BCUT2D eigenvalue weighted by atomic mass is 15.1. The molecule has 0 saturated heterocycles. The van der Waals surface area contributed by atoms with E-state index in [0.717, 1.165) is 0 Å². The van der Waals surface area contributed by atoms with Gasteiger partial charge in [-0.2, -0.15) is 0 Å². The Labute approximate surface area is 752 Å². The van der Waals surface area contributed by atoms with Crippen LogP contribution in [0.2, 0.25) is 0 Å². The van der Waals surface area contributed by atoms with Crippen LogP contribution in [0.3, 0.4) is 0 Å². The topological polar surface area (TPSA) is 16.2 Å². The van der Waals surface area contributed by atoms with Crippen molar-refractivity contribution in [2.45, 2.75) is 0 Å². The minimum atomic E-state index is 1.18. The van der Waals surface area contributed by atoms with Gasteiger partial charge in [-0.15, -0.1) is 0 Å². The molecule has 22 aromatic rings. The monoisotopic (exact) mass is 1650 g/mol. The Morgan fingerprint density at radius 3 is 0.867 bits per heavy atom. The molecule has 5 nitrogen and oxygen atoms in total. The van der Waals surface area contributed by atoms with Crippen molar-refractivity contribution in [1.82, 2.24) is 0 Å². The predicted molar refractivity (Wildman–Crippen MR) is 554 cm³/mol. The quantitative estimate of drug-likeness (QED) is 0.0948. The second kappa shape index (κ2) is 39.0. The molecule has 0 spiro atoms. The summed E-state index contributed by atoms with van der Waals surface area (Å²) in [5, 5.41) is 18.0. The lowest BCUT2D eigenvalue weighted by molar-refractivity contribution is 1.21. The third-order valence-electron chi connectivity index (χ3n) is 24.3. The van der Waals surface area contributed by atoms with Crippen LogP contribution in [0.1, 0.15) is 0 Å². The normalized spacial score (nSPS) is 10.9. The van der Waals surface area contributed by atoms with Gasteiger partial charge in [-0.1, -0.05) is 413 Å². The molecule has 0 radical (unpaired) electrons. The Balaban J connectivity index is 0.000000108. The Morgan fingerprint density at radius 1 is 0.117 bits per heavy atom. The van der Waals surface area contributed by atoms with E-state index in [4.69, 9.17) is 0 Å². The van der Waals surface area contributed by atoms with Crippen LogP contribution in [0.4, 0.5) is 56.9 Å². The molecule has 0 amide bonds. The fraction of sp³-hybridized carbons (Fsp3) is 0.0407. The Hall–Kier alpha value is -16.3. The number of hydrogen-bond acceptors (Lipinski definition) is 5. The average molecular weight is 1650 g/mol. The summed E-state index contributed by atoms with van der Waals surface area (Å²) in [4.78, 5) is 11.3. The van der Waals surface area contributed by atoms with Gasteiger partial charge in [0.1, 0.15) is 0 Å². The molecule has 0 saturated carbocycles. The maximum absolute atomic E-state index is 2.32. The molecule has 128 heavy (non-hydrogen) atoms. The molecular formula is C123H99N5. The second-order valence-electron chi connectivity index (χ2n) is 32.2. The molecule has 0 aliphatic rings. The number of para-hydroxylation sites is 2. The molecule has 0 bridgehead atoms. The van der Waals surface area contributed by atoms with Gasteiger partial charge in [-0.3, -0.25) is 0 Å². The smallest absolute Gasteiger partial charge is 0.0494 e. The first-order chi connectivity index (χ1) is 63.1. The van der Waals surface area contributed by atoms with Crippen LogP contribution in [0.25, 0.3) is 131 Å². The van der Waals surface area contributed by atoms with Crippen LogP contribution < -0.4 is 24.5 Å². The number of nitrogens with zero attached hydrogens (tertiary/aromatic N) is 5. The summed E-state index contributed by atoms with van der Waals surface area (Å²) in [5.41, 5.74) is 24.4. The number of rotatable bonds is 15. The highest BCUT2D eigenvalue weighted by Crippen LogP contribution is 2.43. The van der Waals surface area contributed by atoms with Gasteiger partial charge in [-0.05, 0) is 206 Å². The van der Waals surface area contributed by atoms with Gasteiger partial charge in [0.05, 0.1) is 0 Å². The van der Waals surface area contributed by atoms with Crippen molar-refractivity contribution in [2.24, 2.45) is 0 Å². The Bertz CT molecular complexity index is 7510. The number of benzene rings is 22. The number of hydrogen-bond donors (Lipinski definition) is 0. The summed E-state index contributed by atoms with van der Waals surface area (Å²) < 4.78 is 0. The van der Waals surface area contributed by atoms with Crippen LogP contribution in [0.5, 0.6) is 0 Å². The van der Waals surface area contributed by atoms with Gasteiger partial charge < -0.3 is 24.5 Å². The van der Waals surface area contributed by atoms with Crippen LogP contribution in [-0.4, -0.2) is 35.2 Å². The summed E-state index contributed by atoms with van der Waals surface area (Å²) in [6.07, 6.45) is 0. The van der Waals surface area contributed by atoms with Crippen LogP contribution >= 0.6 is 0 Å². The van der Waals surface area contributed by atoms with E-state index in [0.29, 0.717) is 0 Å². The zero-order chi connectivity index (χ0) is 86.9. The van der Waals surface area contributed by atoms with Crippen molar-refractivity contribution in [1.29, 1.82) is 0 Å². The number of anilines is 10. The van der Waals surface area contributed by atoms with E-state index in [1.807, 2.05) is 18.2 Å². The van der Waals surface area contributed by atoms with Gasteiger partial charge in [0.15, 0.2) is 0 Å².